The Morgan fingerprint density at radius 3 is 2.62 bits per heavy atom. The number of anilines is 1. The summed E-state index contributed by atoms with van der Waals surface area (Å²) in [6.07, 6.45) is 2.29. The van der Waals surface area contributed by atoms with Crippen LogP contribution in [0.25, 0.3) is 0 Å². The summed E-state index contributed by atoms with van der Waals surface area (Å²) in [5.41, 5.74) is 6.74. The second-order valence-electron chi connectivity index (χ2n) is 4.29. The van der Waals surface area contributed by atoms with Gasteiger partial charge in [0.1, 0.15) is 0 Å². The molecule has 88 valence electrons. The average molecular weight is 219 g/mol. The van der Waals surface area contributed by atoms with Gasteiger partial charge in [-0.2, -0.15) is 0 Å². The third-order valence-corrected chi connectivity index (χ3v) is 2.27. The van der Waals surface area contributed by atoms with E-state index >= 15 is 0 Å². The van der Waals surface area contributed by atoms with E-state index in [0.717, 1.165) is 24.6 Å². The number of nitrogens with one attached hydrogen (secondary N) is 1. The topological polar surface area (TPSA) is 50.4 Å². The fourth-order valence-electron chi connectivity index (χ4n) is 1.41. The van der Waals surface area contributed by atoms with Gasteiger partial charge in [0.15, 0.2) is 5.96 Å². The Hall–Kier alpha value is -1.51. The minimum absolute atomic E-state index is 0.495. The Bertz CT molecular complexity index is 317. The molecule has 3 heteroatoms. The predicted molar refractivity (Wildman–Crippen MR) is 70.6 cm³/mol. The van der Waals surface area contributed by atoms with Crippen LogP contribution in [0.5, 0.6) is 0 Å². The molecule has 0 aromatic heterocycles. The summed E-state index contributed by atoms with van der Waals surface area (Å²) in [6.45, 7) is 5.23. The van der Waals surface area contributed by atoms with Gasteiger partial charge in [0.2, 0.25) is 0 Å². The Balaban J connectivity index is 2.29. The molecule has 0 heterocycles. The van der Waals surface area contributed by atoms with E-state index in [1.54, 1.807) is 0 Å². The van der Waals surface area contributed by atoms with Gasteiger partial charge < -0.3 is 11.1 Å². The maximum absolute atomic E-state index is 5.76. The molecule has 0 saturated heterocycles. The van der Waals surface area contributed by atoms with Crippen molar-refractivity contribution in [1.82, 2.24) is 0 Å². The van der Waals surface area contributed by atoms with Crippen molar-refractivity contribution in [2.75, 3.05) is 11.9 Å². The standard InChI is InChI=1S/C13H21N3/c1-11(2)7-6-10-15-13(14)16-12-8-4-3-5-9-12/h3-5,8-9,11H,6-7,10H2,1-2H3,(H3,14,15,16). The van der Waals surface area contributed by atoms with Crippen LogP contribution in [0.1, 0.15) is 26.7 Å². The first kappa shape index (κ1) is 12.6. The Morgan fingerprint density at radius 1 is 1.31 bits per heavy atom. The smallest absolute Gasteiger partial charge is 0.193 e. The first-order chi connectivity index (χ1) is 7.68. The largest absolute Gasteiger partial charge is 0.370 e. The third kappa shape index (κ3) is 5.39. The van der Waals surface area contributed by atoms with Crippen molar-refractivity contribution in [3.8, 4) is 0 Å². The molecule has 1 rings (SSSR count). The molecule has 0 radical (unpaired) electrons. The summed E-state index contributed by atoms with van der Waals surface area (Å²) in [5, 5.41) is 3.06. The highest BCUT2D eigenvalue weighted by Gasteiger charge is 1.95. The first-order valence-corrected chi connectivity index (χ1v) is 5.80. The summed E-state index contributed by atoms with van der Waals surface area (Å²) >= 11 is 0. The van der Waals surface area contributed by atoms with Crippen LogP contribution in [-0.2, 0) is 0 Å². The molecule has 1 aromatic carbocycles. The molecule has 0 amide bonds. The van der Waals surface area contributed by atoms with Crippen molar-refractivity contribution in [1.29, 1.82) is 0 Å². The van der Waals surface area contributed by atoms with Crippen molar-refractivity contribution in [3.05, 3.63) is 30.3 Å². The van der Waals surface area contributed by atoms with E-state index in [1.165, 1.54) is 6.42 Å². The zero-order valence-corrected chi connectivity index (χ0v) is 10.1. The van der Waals surface area contributed by atoms with E-state index in [0.29, 0.717) is 5.96 Å². The van der Waals surface area contributed by atoms with Crippen LogP contribution in [0, 0.1) is 5.92 Å². The number of para-hydroxylation sites is 1. The van der Waals surface area contributed by atoms with Gasteiger partial charge in [-0.1, -0.05) is 32.0 Å². The second-order valence-corrected chi connectivity index (χ2v) is 4.29. The van der Waals surface area contributed by atoms with Crippen molar-refractivity contribution < 1.29 is 0 Å². The molecule has 0 aliphatic rings. The van der Waals surface area contributed by atoms with Crippen molar-refractivity contribution >= 4 is 11.6 Å². The van der Waals surface area contributed by atoms with Gasteiger partial charge in [0.25, 0.3) is 0 Å². The number of nitrogens with zero attached hydrogens (tertiary/aromatic N) is 1. The molecule has 0 atom stereocenters. The monoisotopic (exact) mass is 219 g/mol. The molecule has 0 aliphatic heterocycles. The van der Waals surface area contributed by atoms with Gasteiger partial charge in [-0.05, 0) is 30.9 Å². The van der Waals surface area contributed by atoms with Crippen LogP contribution in [0.4, 0.5) is 5.69 Å². The minimum atomic E-state index is 0.495. The summed E-state index contributed by atoms with van der Waals surface area (Å²) in [4.78, 5) is 4.27. The molecule has 0 unspecified atom stereocenters. The normalized spacial score (nSPS) is 11.8. The van der Waals surface area contributed by atoms with E-state index in [4.69, 9.17) is 5.73 Å². The van der Waals surface area contributed by atoms with E-state index in [9.17, 15) is 0 Å². The lowest BCUT2D eigenvalue weighted by atomic mass is 10.1. The van der Waals surface area contributed by atoms with E-state index in [2.05, 4.69) is 24.2 Å². The molecule has 3 nitrogen and oxygen atoms in total. The van der Waals surface area contributed by atoms with Crippen molar-refractivity contribution in [2.24, 2.45) is 16.6 Å². The van der Waals surface area contributed by atoms with E-state index < -0.39 is 0 Å². The highest BCUT2D eigenvalue weighted by Crippen LogP contribution is 2.05. The molecule has 3 N–H and O–H groups in total. The Kier molecular flexibility index (Phi) is 5.40. The lowest BCUT2D eigenvalue weighted by Crippen LogP contribution is -2.22. The maximum atomic E-state index is 5.76. The third-order valence-electron chi connectivity index (χ3n) is 2.27. The van der Waals surface area contributed by atoms with Crippen LogP contribution < -0.4 is 11.1 Å². The molecular formula is C13H21N3. The van der Waals surface area contributed by atoms with Crippen LogP contribution >= 0.6 is 0 Å². The Labute approximate surface area is 97.8 Å². The summed E-state index contributed by atoms with van der Waals surface area (Å²) in [6, 6.07) is 9.84. The quantitative estimate of drug-likeness (QED) is 0.454. The number of hydrogen-bond acceptors (Lipinski definition) is 1. The summed E-state index contributed by atoms with van der Waals surface area (Å²) in [5.74, 6) is 1.23. The Morgan fingerprint density at radius 2 is 2.00 bits per heavy atom. The zero-order chi connectivity index (χ0) is 11.8. The van der Waals surface area contributed by atoms with Gasteiger partial charge in [-0.3, -0.25) is 4.99 Å². The lowest BCUT2D eigenvalue weighted by molar-refractivity contribution is 0.561. The summed E-state index contributed by atoms with van der Waals surface area (Å²) < 4.78 is 0. The number of guanidine groups is 1. The number of aliphatic imine (C=N–C) groups is 1. The van der Waals surface area contributed by atoms with Crippen LogP contribution in [0.15, 0.2) is 35.3 Å². The molecule has 16 heavy (non-hydrogen) atoms. The number of benzene rings is 1. The van der Waals surface area contributed by atoms with E-state index in [-0.39, 0.29) is 0 Å². The van der Waals surface area contributed by atoms with Crippen LogP contribution in [-0.4, -0.2) is 12.5 Å². The maximum Gasteiger partial charge on any atom is 0.193 e. The molecule has 1 aromatic rings. The molecule has 0 saturated carbocycles. The van der Waals surface area contributed by atoms with Crippen LogP contribution in [0.2, 0.25) is 0 Å². The predicted octanol–water partition coefficient (Wildman–Crippen LogP) is 2.85. The van der Waals surface area contributed by atoms with Gasteiger partial charge >= 0.3 is 0 Å². The highest BCUT2D eigenvalue weighted by atomic mass is 15.1. The number of rotatable bonds is 5. The van der Waals surface area contributed by atoms with Gasteiger partial charge in [0.05, 0.1) is 0 Å². The fourth-order valence-corrected chi connectivity index (χ4v) is 1.41. The molecule has 0 spiro atoms. The molecular weight excluding hydrogens is 198 g/mol. The van der Waals surface area contributed by atoms with Crippen molar-refractivity contribution in [3.63, 3.8) is 0 Å². The first-order valence-electron chi connectivity index (χ1n) is 5.80. The average Bonchev–Trinajstić information content (AvgIpc) is 2.25. The summed E-state index contributed by atoms with van der Waals surface area (Å²) in [7, 11) is 0. The van der Waals surface area contributed by atoms with Gasteiger partial charge in [-0.25, -0.2) is 0 Å². The zero-order valence-electron chi connectivity index (χ0n) is 10.1. The van der Waals surface area contributed by atoms with Gasteiger partial charge in [-0.15, -0.1) is 0 Å². The fraction of sp³-hybridized carbons (Fsp3) is 0.462. The number of hydrogen-bond donors (Lipinski definition) is 2. The molecule has 0 aliphatic carbocycles. The second kappa shape index (κ2) is 6.88. The van der Waals surface area contributed by atoms with Gasteiger partial charge in [0, 0.05) is 12.2 Å². The minimum Gasteiger partial charge on any atom is -0.370 e. The molecule has 0 bridgehead atoms. The van der Waals surface area contributed by atoms with E-state index in [1.807, 2.05) is 30.3 Å². The van der Waals surface area contributed by atoms with Crippen LogP contribution in [0.3, 0.4) is 0 Å². The number of nitrogens with two attached hydrogens (primary N) is 1. The van der Waals surface area contributed by atoms with Crippen molar-refractivity contribution in [2.45, 2.75) is 26.7 Å². The highest BCUT2D eigenvalue weighted by molar-refractivity contribution is 5.92. The lowest BCUT2D eigenvalue weighted by Gasteiger charge is -2.05. The SMILES string of the molecule is CC(C)CCCN=C(N)Nc1ccccc1. The molecule has 0 fully saturated rings.